The van der Waals surface area contributed by atoms with Crippen LogP contribution in [-0.2, 0) is 13.0 Å². The van der Waals surface area contributed by atoms with Crippen LogP contribution >= 0.6 is 11.3 Å². The number of ether oxygens (including phenoxy) is 1. The van der Waals surface area contributed by atoms with Gasteiger partial charge in [0.05, 0.1) is 18.2 Å². The topological polar surface area (TPSA) is 78.8 Å². The summed E-state index contributed by atoms with van der Waals surface area (Å²) in [6, 6.07) is 5.31. The maximum Gasteiger partial charge on any atom is 0.191 e. The molecule has 1 heterocycles. The van der Waals surface area contributed by atoms with Gasteiger partial charge in [-0.15, -0.1) is 11.3 Å². The first-order valence-corrected chi connectivity index (χ1v) is 9.32. The molecule has 2 aromatic rings. The van der Waals surface area contributed by atoms with Crippen molar-refractivity contribution in [1.82, 2.24) is 15.6 Å². The van der Waals surface area contributed by atoms with Gasteiger partial charge in [-0.2, -0.15) is 0 Å². The average Bonchev–Trinajstić information content (AvgIpc) is 3.01. The molecule has 0 atom stereocenters. The molecule has 0 saturated carbocycles. The second kappa shape index (κ2) is 9.88. The van der Waals surface area contributed by atoms with Crippen LogP contribution in [-0.4, -0.2) is 35.7 Å². The Kier molecular flexibility index (Phi) is 7.53. The Labute approximate surface area is 153 Å². The standard InChI is InChI=1S/C18H26N4O2S/c1-4-19-18(20-9-8-17-21-11-13(3)25-17)22-12-14-6-7-15(23)16(10-14)24-5-2/h6-7,10-11,23H,4-5,8-9,12H2,1-3H3,(H2,19,20,22). The molecule has 0 aliphatic carbocycles. The minimum absolute atomic E-state index is 0.151. The molecule has 0 saturated heterocycles. The van der Waals surface area contributed by atoms with Gasteiger partial charge in [0.15, 0.2) is 17.5 Å². The van der Waals surface area contributed by atoms with Crippen molar-refractivity contribution in [2.24, 2.45) is 4.99 Å². The lowest BCUT2D eigenvalue weighted by Gasteiger charge is -2.11. The van der Waals surface area contributed by atoms with Crippen LogP contribution in [0.5, 0.6) is 11.5 Å². The Bertz CT molecular complexity index is 700. The van der Waals surface area contributed by atoms with Crippen molar-refractivity contribution in [3.8, 4) is 11.5 Å². The molecule has 0 amide bonds. The number of aliphatic imine (C=N–C) groups is 1. The van der Waals surface area contributed by atoms with E-state index in [-0.39, 0.29) is 5.75 Å². The van der Waals surface area contributed by atoms with E-state index >= 15 is 0 Å². The summed E-state index contributed by atoms with van der Waals surface area (Å²) in [4.78, 5) is 10.2. The van der Waals surface area contributed by atoms with E-state index in [0.717, 1.165) is 36.0 Å². The fourth-order valence-corrected chi connectivity index (χ4v) is 3.03. The van der Waals surface area contributed by atoms with Crippen LogP contribution in [0.15, 0.2) is 29.4 Å². The summed E-state index contributed by atoms with van der Waals surface area (Å²) >= 11 is 1.72. The first-order chi connectivity index (χ1) is 12.1. The van der Waals surface area contributed by atoms with E-state index in [1.54, 1.807) is 17.4 Å². The molecule has 0 spiro atoms. The summed E-state index contributed by atoms with van der Waals surface area (Å²) in [6.45, 7) is 8.58. The van der Waals surface area contributed by atoms with Crippen molar-refractivity contribution in [2.45, 2.75) is 33.7 Å². The zero-order valence-corrected chi connectivity index (χ0v) is 15.8. The van der Waals surface area contributed by atoms with Gasteiger partial charge in [0.1, 0.15) is 0 Å². The first-order valence-electron chi connectivity index (χ1n) is 8.50. The Hall–Kier alpha value is -2.28. The van der Waals surface area contributed by atoms with Gasteiger partial charge in [-0.25, -0.2) is 9.98 Å². The van der Waals surface area contributed by atoms with Gasteiger partial charge < -0.3 is 20.5 Å². The summed E-state index contributed by atoms with van der Waals surface area (Å²) in [5.74, 6) is 1.41. The highest BCUT2D eigenvalue weighted by Crippen LogP contribution is 2.27. The SMILES string of the molecule is CCNC(=NCc1ccc(O)c(OCC)c1)NCCc1ncc(C)s1. The number of hydrogen-bond acceptors (Lipinski definition) is 5. The van der Waals surface area contributed by atoms with Crippen molar-refractivity contribution in [2.75, 3.05) is 19.7 Å². The number of hydrogen-bond donors (Lipinski definition) is 3. The number of benzene rings is 1. The second-order valence-corrected chi connectivity index (χ2v) is 6.79. The predicted octanol–water partition coefficient (Wildman–Crippen LogP) is 2.85. The van der Waals surface area contributed by atoms with Gasteiger partial charge in [0, 0.05) is 30.6 Å². The zero-order chi connectivity index (χ0) is 18.1. The minimum Gasteiger partial charge on any atom is -0.504 e. The van der Waals surface area contributed by atoms with Gasteiger partial charge in [-0.1, -0.05) is 6.07 Å². The average molecular weight is 362 g/mol. The largest absolute Gasteiger partial charge is 0.504 e. The molecule has 7 heteroatoms. The Balaban J connectivity index is 1.93. The number of nitrogens with zero attached hydrogens (tertiary/aromatic N) is 2. The molecule has 0 radical (unpaired) electrons. The number of guanidine groups is 1. The van der Waals surface area contributed by atoms with Gasteiger partial charge in [-0.05, 0) is 38.5 Å². The van der Waals surface area contributed by atoms with Crippen molar-refractivity contribution in [3.05, 3.63) is 39.8 Å². The molecule has 136 valence electrons. The summed E-state index contributed by atoms with van der Waals surface area (Å²) in [6.07, 6.45) is 2.77. The number of phenolic OH excluding ortho intramolecular Hbond substituents is 1. The van der Waals surface area contributed by atoms with E-state index in [4.69, 9.17) is 4.74 Å². The third kappa shape index (κ3) is 6.26. The number of phenols is 1. The number of rotatable bonds is 8. The molecule has 0 aliphatic heterocycles. The molecule has 25 heavy (non-hydrogen) atoms. The number of nitrogens with one attached hydrogen (secondary N) is 2. The highest BCUT2D eigenvalue weighted by molar-refractivity contribution is 7.11. The lowest BCUT2D eigenvalue weighted by molar-refractivity contribution is 0.318. The summed E-state index contributed by atoms with van der Waals surface area (Å²) < 4.78 is 5.41. The van der Waals surface area contributed by atoms with Crippen LogP contribution < -0.4 is 15.4 Å². The van der Waals surface area contributed by atoms with Crippen LogP contribution in [0, 0.1) is 6.92 Å². The number of aromatic nitrogens is 1. The van der Waals surface area contributed by atoms with Crippen molar-refractivity contribution in [1.29, 1.82) is 0 Å². The molecule has 6 nitrogen and oxygen atoms in total. The molecule has 0 unspecified atom stereocenters. The highest BCUT2D eigenvalue weighted by atomic mass is 32.1. The third-order valence-corrected chi connectivity index (χ3v) is 4.36. The second-order valence-electron chi connectivity index (χ2n) is 5.47. The van der Waals surface area contributed by atoms with Gasteiger partial charge in [-0.3, -0.25) is 0 Å². The van der Waals surface area contributed by atoms with E-state index in [0.29, 0.717) is 18.9 Å². The van der Waals surface area contributed by atoms with E-state index in [1.807, 2.05) is 32.2 Å². The monoisotopic (exact) mass is 362 g/mol. The third-order valence-electron chi connectivity index (χ3n) is 3.39. The maximum absolute atomic E-state index is 9.76. The molecule has 3 N–H and O–H groups in total. The van der Waals surface area contributed by atoms with E-state index in [1.165, 1.54) is 4.88 Å². The zero-order valence-electron chi connectivity index (χ0n) is 15.0. The number of aromatic hydroxyl groups is 1. The van der Waals surface area contributed by atoms with Crippen molar-refractivity contribution in [3.63, 3.8) is 0 Å². The van der Waals surface area contributed by atoms with Gasteiger partial charge in [0.2, 0.25) is 0 Å². The first kappa shape index (κ1) is 19.1. The maximum atomic E-state index is 9.76. The molecular weight excluding hydrogens is 336 g/mol. The van der Waals surface area contributed by atoms with E-state index < -0.39 is 0 Å². The summed E-state index contributed by atoms with van der Waals surface area (Å²) in [7, 11) is 0. The summed E-state index contributed by atoms with van der Waals surface area (Å²) in [5, 5.41) is 17.5. The Morgan fingerprint density at radius 2 is 2.16 bits per heavy atom. The number of thiazole rings is 1. The van der Waals surface area contributed by atoms with Crippen LogP contribution in [0.1, 0.15) is 29.3 Å². The smallest absolute Gasteiger partial charge is 0.191 e. The predicted molar refractivity (Wildman–Crippen MR) is 103 cm³/mol. The number of aryl methyl sites for hydroxylation is 1. The van der Waals surface area contributed by atoms with Crippen molar-refractivity contribution >= 4 is 17.3 Å². The normalized spacial score (nSPS) is 11.4. The quantitative estimate of drug-likeness (QED) is 0.497. The molecule has 1 aromatic carbocycles. The molecule has 1 aromatic heterocycles. The lowest BCUT2D eigenvalue weighted by atomic mass is 10.2. The summed E-state index contributed by atoms with van der Waals surface area (Å²) in [5.41, 5.74) is 0.981. The fourth-order valence-electron chi connectivity index (χ4n) is 2.24. The molecule has 0 bridgehead atoms. The van der Waals surface area contributed by atoms with Crippen molar-refractivity contribution < 1.29 is 9.84 Å². The van der Waals surface area contributed by atoms with Crippen LogP contribution in [0.4, 0.5) is 0 Å². The Morgan fingerprint density at radius 3 is 2.84 bits per heavy atom. The van der Waals surface area contributed by atoms with Gasteiger partial charge in [0.25, 0.3) is 0 Å². The highest BCUT2D eigenvalue weighted by Gasteiger charge is 2.04. The molecule has 0 fully saturated rings. The van der Waals surface area contributed by atoms with E-state index in [2.05, 4.69) is 27.5 Å². The van der Waals surface area contributed by atoms with Crippen LogP contribution in [0.3, 0.4) is 0 Å². The van der Waals surface area contributed by atoms with E-state index in [9.17, 15) is 5.11 Å². The molecule has 2 rings (SSSR count). The minimum atomic E-state index is 0.151. The fraction of sp³-hybridized carbons (Fsp3) is 0.444. The van der Waals surface area contributed by atoms with Crippen LogP contribution in [0.25, 0.3) is 0 Å². The van der Waals surface area contributed by atoms with Gasteiger partial charge >= 0.3 is 0 Å². The lowest BCUT2D eigenvalue weighted by Crippen LogP contribution is -2.38. The molecular formula is C18H26N4O2S. The Morgan fingerprint density at radius 1 is 1.32 bits per heavy atom. The molecule has 0 aliphatic rings. The van der Waals surface area contributed by atoms with Crippen LogP contribution in [0.2, 0.25) is 0 Å².